The molecule has 7 nitrogen and oxygen atoms in total. The highest BCUT2D eigenvalue weighted by molar-refractivity contribution is 7.93. The second-order valence-corrected chi connectivity index (χ2v) is 12.0. The molecule has 6 rings (SSSR count). The van der Waals surface area contributed by atoms with E-state index in [9.17, 15) is 13.2 Å². The molecule has 0 spiro atoms. The number of carbonyl (C=O) groups is 1. The molecule has 2 heterocycles. The third kappa shape index (κ3) is 5.17. The maximum atomic E-state index is 13.3. The van der Waals surface area contributed by atoms with Crippen molar-refractivity contribution in [2.75, 3.05) is 23.1 Å². The summed E-state index contributed by atoms with van der Waals surface area (Å²) in [5.41, 5.74) is 5.36. The monoisotopic (exact) mass is 514 g/mol. The quantitative estimate of drug-likeness (QED) is 0.412. The first-order valence-electron chi connectivity index (χ1n) is 12.9. The fraction of sp³-hybridized carbons (Fsp3) is 0.310. The smallest absolute Gasteiger partial charge is 0.238 e. The molecule has 1 amide bonds. The van der Waals surface area contributed by atoms with Crippen LogP contribution in [0.1, 0.15) is 48.3 Å². The van der Waals surface area contributed by atoms with Crippen molar-refractivity contribution in [3.8, 4) is 0 Å². The first kappa shape index (κ1) is 23.9. The van der Waals surface area contributed by atoms with Gasteiger partial charge in [-0.25, -0.2) is 8.42 Å². The third-order valence-electron chi connectivity index (χ3n) is 7.24. The molecule has 0 bridgehead atoms. The van der Waals surface area contributed by atoms with Crippen LogP contribution in [-0.4, -0.2) is 43.3 Å². The zero-order valence-electron chi connectivity index (χ0n) is 20.6. The molecule has 1 saturated heterocycles. The Bertz CT molecular complexity index is 1440. The van der Waals surface area contributed by atoms with Gasteiger partial charge in [0.05, 0.1) is 16.6 Å². The number of amides is 1. The number of likely N-dealkylation sites (tertiary alicyclic amines) is 1. The van der Waals surface area contributed by atoms with Gasteiger partial charge in [-0.15, -0.1) is 0 Å². The molecule has 3 aromatic carbocycles. The molecule has 8 heteroatoms. The average molecular weight is 515 g/mol. The molecule has 2 N–H and O–H groups in total. The molecule has 37 heavy (non-hydrogen) atoms. The Hall–Kier alpha value is -3.49. The summed E-state index contributed by atoms with van der Waals surface area (Å²) in [6.45, 7) is 3.23. The fourth-order valence-electron chi connectivity index (χ4n) is 5.14. The van der Waals surface area contributed by atoms with Crippen molar-refractivity contribution in [2.24, 2.45) is 4.99 Å². The number of sulfonamides is 1. The minimum atomic E-state index is -3.41. The molecule has 2 fully saturated rings. The number of hydrogen-bond donors (Lipinski definition) is 2. The van der Waals surface area contributed by atoms with E-state index in [0.717, 1.165) is 30.9 Å². The largest absolute Gasteiger partial charge is 0.325 e. The van der Waals surface area contributed by atoms with Gasteiger partial charge in [0, 0.05) is 17.9 Å². The fourth-order valence-corrected chi connectivity index (χ4v) is 6.52. The van der Waals surface area contributed by atoms with Gasteiger partial charge in [0.25, 0.3) is 0 Å². The van der Waals surface area contributed by atoms with E-state index in [2.05, 4.69) is 27.1 Å². The molecule has 3 aliphatic rings. The van der Waals surface area contributed by atoms with E-state index < -0.39 is 15.9 Å². The number of aliphatic imine (C=N–C) groups is 1. The van der Waals surface area contributed by atoms with Crippen molar-refractivity contribution in [3.05, 3.63) is 89.5 Å². The number of nitrogens with zero attached hydrogens (tertiary/aromatic N) is 2. The molecular formula is C29H30N4O3S. The lowest BCUT2D eigenvalue weighted by atomic mass is 9.90. The molecule has 1 saturated carbocycles. The molecule has 1 atom stereocenters. The summed E-state index contributed by atoms with van der Waals surface area (Å²) < 4.78 is 27.7. The lowest BCUT2D eigenvalue weighted by Gasteiger charge is -2.16. The summed E-state index contributed by atoms with van der Waals surface area (Å²) in [5, 5.41) is 2.63. The molecule has 0 aromatic heterocycles. The molecular weight excluding hydrogens is 484 g/mol. The van der Waals surface area contributed by atoms with Gasteiger partial charge in [0.2, 0.25) is 15.9 Å². The van der Waals surface area contributed by atoms with E-state index in [1.165, 1.54) is 18.4 Å². The Morgan fingerprint density at radius 1 is 0.973 bits per heavy atom. The van der Waals surface area contributed by atoms with Crippen LogP contribution in [-0.2, 0) is 21.4 Å². The van der Waals surface area contributed by atoms with Gasteiger partial charge in [-0.05, 0) is 85.8 Å². The molecule has 0 radical (unpaired) electrons. The Morgan fingerprint density at radius 3 is 2.41 bits per heavy atom. The van der Waals surface area contributed by atoms with Crippen LogP contribution < -0.4 is 10.0 Å². The number of anilines is 2. The minimum absolute atomic E-state index is 0.176. The highest BCUT2D eigenvalue weighted by Gasteiger charge is 2.38. The maximum absolute atomic E-state index is 13.3. The SMILES string of the molecule is O=C1Nc2ccc(NS(=O)(=O)C3CC3)cc2C1C(=Nc1ccc(CN2CCCC2)cc1)c1ccccc1. The van der Waals surface area contributed by atoms with Crippen LogP contribution in [0.3, 0.4) is 0 Å². The van der Waals surface area contributed by atoms with E-state index >= 15 is 0 Å². The lowest BCUT2D eigenvalue weighted by molar-refractivity contribution is -0.115. The summed E-state index contributed by atoms with van der Waals surface area (Å²) in [4.78, 5) is 20.7. The zero-order valence-corrected chi connectivity index (χ0v) is 21.4. The number of rotatable bonds is 8. The molecule has 190 valence electrons. The summed E-state index contributed by atoms with van der Waals surface area (Å²) >= 11 is 0. The first-order valence-corrected chi connectivity index (χ1v) is 14.4. The van der Waals surface area contributed by atoms with E-state index in [1.54, 1.807) is 18.2 Å². The van der Waals surface area contributed by atoms with Gasteiger partial charge in [-0.3, -0.25) is 19.4 Å². The van der Waals surface area contributed by atoms with Gasteiger partial charge < -0.3 is 5.32 Å². The Morgan fingerprint density at radius 2 is 1.70 bits per heavy atom. The highest BCUT2D eigenvalue weighted by atomic mass is 32.2. The maximum Gasteiger partial charge on any atom is 0.238 e. The predicted octanol–water partition coefficient (Wildman–Crippen LogP) is 5.04. The topological polar surface area (TPSA) is 90.9 Å². The van der Waals surface area contributed by atoms with E-state index in [4.69, 9.17) is 4.99 Å². The van der Waals surface area contributed by atoms with Gasteiger partial charge in [-0.1, -0.05) is 42.5 Å². The number of hydrogen-bond acceptors (Lipinski definition) is 5. The van der Waals surface area contributed by atoms with Gasteiger partial charge >= 0.3 is 0 Å². The van der Waals surface area contributed by atoms with Gasteiger partial charge in [-0.2, -0.15) is 0 Å². The number of benzene rings is 3. The average Bonchev–Trinajstić information content (AvgIpc) is 3.56. The van der Waals surface area contributed by atoms with Gasteiger partial charge in [0.1, 0.15) is 5.92 Å². The van der Waals surface area contributed by atoms with Crippen molar-refractivity contribution in [1.82, 2.24) is 4.90 Å². The second-order valence-electron chi connectivity index (χ2n) is 10.1. The molecule has 2 aliphatic heterocycles. The molecule has 1 aliphatic carbocycles. The Labute approximate surface area is 217 Å². The first-order chi connectivity index (χ1) is 18.0. The van der Waals surface area contributed by atoms with E-state index in [0.29, 0.717) is 35.5 Å². The van der Waals surface area contributed by atoms with Crippen LogP contribution in [0.2, 0.25) is 0 Å². The molecule has 1 unspecified atom stereocenters. The van der Waals surface area contributed by atoms with Crippen molar-refractivity contribution < 1.29 is 13.2 Å². The van der Waals surface area contributed by atoms with Crippen molar-refractivity contribution in [2.45, 2.75) is 43.4 Å². The highest BCUT2D eigenvalue weighted by Crippen LogP contribution is 2.39. The summed E-state index contributed by atoms with van der Waals surface area (Å²) in [5.74, 6) is -0.836. The number of fused-ring (bicyclic) bond motifs is 1. The summed E-state index contributed by atoms with van der Waals surface area (Å²) in [6, 6.07) is 23.1. The van der Waals surface area contributed by atoms with E-state index in [-0.39, 0.29) is 11.2 Å². The summed E-state index contributed by atoms with van der Waals surface area (Å²) in [7, 11) is -3.41. The Balaban J connectivity index is 1.34. The van der Waals surface area contributed by atoms with Crippen molar-refractivity contribution in [3.63, 3.8) is 0 Å². The molecule has 3 aromatic rings. The van der Waals surface area contributed by atoms with Crippen molar-refractivity contribution in [1.29, 1.82) is 0 Å². The number of carbonyl (C=O) groups excluding carboxylic acids is 1. The van der Waals surface area contributed by atoms with Crippen LogP contribution in [0.15, 0.2) is 77.8 Å². The normalized spacial score (nSPS) is 20.1. The van der Waals surface area contributed by atoms with Crippen LogP contribution in [0.4, 0.5) is 17.1 Å². The van der Waals surface area contributed by atoms with Crippen LogP contribution in [0.25, 0.3) is 0 Å². The van der Waals surface area contributed by atoms with Crippen molar-refractivity contribution >= 4 is 38.7 Å². The second kappa shape index (κ2) is 9.76. The lowest BCUT2D eigenvalue weighted by Crippen LogP contribution is -2.22. The number of nitrogens with one attached hydrogen (secondary N) is 2. The minimum Gasteiger partial charge on any atom is -0.325 e. The predicted molar refractivity (Wildman–Crippen MR) is 147 cm³/mol. The standard InChI is InChI=1S/C29H30N4O3S/c34-29-27(25-18-23(12-15-26(25)31-29)32-37(35,36)24-13-14-24)28(21-6-2-1-3-7-21)30-22-10-8-20(9-11-22)19-33-16-4-5-17-33/h1-3,6-12,15,18,24,27,32H,4-5,13-14,16-17,19H2,(H,31,34). The van der Waals surface area contributed by atoms with E-state index in [1.807, 2.05) is 42.5 Å². The van der Waals surface area contributed by atoms with Crippen LogP contribution >= 0.6 is 0 Å². The third-order valence-corrected chi connectivity index (χ3v) is 9.11. The Kier molecular flexibility index (Phi) is 6.30. The summed E-state index contributed by atoms with van der Waals surface area (Å²) in [6.07, 6.45) is 3.89. The van der Waals surface area contributed by atoms with Crippen LogP contribution in [0, 0.1) is 0 Å². The van der Waals surface area contributed by atoms with Gasteiger partial charge in [0.15, 0.2) is 0 Å². The zero-order chi connectivity index (χ0) is 25.4. The van der Waals surface area contributed by atoms with Crippen LogP contribution in [0.5, 0.6) is 0 Å².